The quantitative estimate of drug-likeness (QED) is 0.609. The molecule has 0 aromatic heterocycles. The highest BCUT2D eigenvalue weighted by Gasteiger charge is 2.16. The van der Waals surface area contributed by atoms with Gasteiger partial charge in [0.25, 0.3) is 0 Å². The van der Waals surface area contributed by atoms with E-state index in [1.807, 2.05) is 0 Å². The van der Waals surface area contributed by atoms with Gasteiger partial charge in [0.15, 0.2) is 0 Å². The number of alkyl halides is 1. The average Bonchev–Trinajstić information content (AvgIpc) is 2.40. The molecule has 1 atom stereocenters. The first-order valence-electron chi connectivity index (χ1n) is 6.36. The fourth-order valence-corrected chi connectivity index (χ4v) is 1.83. The molecule has 0 aliphatic carbocycles. The third-order valence-corrected chi connectivity index (χ3v) is 2.93. The molecular formula is C14H23F3N2. The van der Waals surface area contributed by atoms with Crippen molar-refractivity contribution in [2.75, 3.05) is 13.1 Å². The van der Waals surface area contributed by atoms with Crippen molar-refractivity contribution in [3.8, 4) is 0 Å². The first-order valence-corrected chi connectivity index (χ1v) is 6.36. The van der Waals surface area contributed by atoms with Crippen LogP contribution >= 0.6 is 0 Å². The molecule has 1 fully saturated rings. The molecule has 0 aromatic rings. The molecule has 0 amide bonds. The van der Waals surface area contributed by atoms with Crippen molar-refractivity contribution in [3.05, 3.63) is 36.6 Å². The first-order chi connectivity index (χ1) is 9.00. The van der Waals surface area contributed by atoms with Crippen molar-refractivity contribution in [3.63, 3.8) is 0 Å². The molecule has 5 heteroatoms. The Kier molecular flexibility index (Phi) is 9.04. The van der Waals surface area contributed by atoms with Crippen LogP contribution in [0.4, 0.5) is 13.2 Å². The largest absolute Gasteiger partial charge is 0.397 e. The molecular weight excluding hydrogens is 253 g/mol. The third kappa shape index (κ3) is 7.06. The number of rotatable bonds is 4. The van der Waals surface area contributed by atoms with Gasteiger partial charge in [-0.2, -0.15) is 0 Å². The molecule has 1 unspecified atom stereocenters. The summed E-state index contributed by atoms with van der Waals surface area (Å²) in [4.78, 5) is 0. The standard InChI is InChI=1S/C12H19F3N2.C2H4/c1-8(13)12(16)11(15)7-10(14)6-9-2-4-17-5-3-9;1-2/h7-9,17H,2-6,16H2,1H3;1-2H2/b10-7+,12-11-;. The fourth-order valence-electron chi connectivity index (χ4n) is 1.83. The minimum atomic E-state index is -1.60. The summed E-state index contributed by atoms with van der Waals surface area (Å²) in [5, 5.41) is 3.17. The van der Waals surface area contributed by atoms with Gasteiger partial charge in [0, 0.05) is 12.5 Å². The van der Waals surface area contributed by atoms with Crippen LogP contribution in [-0.2, 0) is 0 Å². The summed E-state index contributed by atoms with van der Waals surface area (Å²) >= 11 is 0. The Morgan fingerprint density at radius 3 is 2.37 bits per heavy atom. The second-order valence-electron chi connectivity index (χ2n) is 4.41. The van der Waals surface area contributed by atoms with Crippen LogP contribution in [0.2, 0.25) is 0 Å². The Labute approximate surface area is 113 Å². The highest BCUT2D eigenvalue weighted by molar-refractivity contribution is 5.21. The van der Waals surface area contributed by atoms with E-state index in [9.17, 15) is 13.2 Å². The normalized spacial score (nSPS) is 20.1. The van der Waals surface area contributed by atoms with Gasteiger partial charge in [0.2, 0.25) is 0 Å². The minimum absolute atomic E-state index is 0.197. The SMILES string of the molecule is C=C.CC(F)/C(N)=C(F)\C=C(\F)CC1CCNCC1. The maximum absolute atomic E-state index is 13.5. The van der Waals surface area contributed by atoms with E-state index in [4.69, 9.17) is 5.73 Å². The van der Waals surface area contributed by atoms with Gasteiger partial charge in [-0.05, 0) is 38.8 Å². The Morgan fingerprint density at radius 2 is 1.89 bits per heavy atom. The van der Waals surface area contributed by atoms with E-state index in [1.54, 1.807) is 0 Å². The lowest BCUT2D eigenvalue weighted by Gasteiger charge is -2.21. The van der Waals surface area contributed by atoms with Crippen LogP contribution in [0, 0.1) is 5.92 Å². The number of allylic oxidation sites excluding steroid dienone is 4. The highest BCUT2D eigenvalue weighted by Crippen LogP contribution is 2.23. The molecule has 0 aromatic carbocycles. The monoisotopic (exact) mass is 276 g/mol. The molecule has 1 saturated heterocycles. The summed E-state index contributed by atoms with van der Waals surface area (Å²) in [5.74, 6) is -1.35. The predicted molar refractivity (Wildman–Crippen MR) is 73.5 cm³/mol. The van der Waals surface area contributed by atoms with E-state index in [1.165, 1.54) is 0 Å². The summed E-state index contributed by atoms with van der Waals surface area (Å²) in [6.45, 7) is 8.84. The van der Waals surface area contributed by atoms with Gasteiger partial charge in [-0.25, -0.2) is 13.2 Å². The molecule has 1 aliphatic rings. The molecule has 0 saturated carbocycles. The number of hydrogen-bond acceptors (Lipinski definition) is 2. The van der Waals surface area contributed by atoms with Gasteiger partial charge in [0.05, 0.1) is 5.70 Å². The van der Waals surface area contributed by atoms with Crippen molar-refractivity contribution in [2.24, 2.45) is 11.7 Å². The van der Waals surface area contributed by atoms with Crippen molar-refractivity contribution >= 4 is 0 Å². The summed E-state index contributed by atoms with van der Waals surface area (Å²) in [6.07, 6.45) is 1.05. The molecule has 3 N–H and O–H groups in total. The Balaban J connectivity index is 0.00000154. The second-order valence-corrected chi connectivity index (χ2v) is 4.41. The Hall–Kier alpha value is -1.23. The van der Waals surface area contributed by atoms with Gasteiger partial charge in [-0.15, -0.1) is 13.2 Å². The number of piperidine rings is 1. The van der Waals surface area contributed by atoms with Gasteiger partial charge < -0.3 is 11.1 Å². The van der Waals surface area contributed by atoms with Gasteiger partial charge in [0.1, 0.15) is 17.8 Å². The van der Waals surface area contributed by atoms with Crippen LogP contribution in [0.1, 0.15) is 26.2 Å². The topological polar surface area (TPSA) is 38.0 Å². The summed E-state index contributed by atoms with van der Waals surface area (Å²) < 4.78 is 39.4. The first kappa shape index (κ1) is 17.8. The van der Waals surface area contributed by atoms with Crippen molar-refractivity contribution in [1.29, 1.82) is 0 Å². The lowest BCUT2D eigenvalue weighted by atomic mass is 9.94. The number of nitrogens with two attached hydrogens (primary N) is 1. The zero-order chi connectivity index (χ0) is 14.8. The fraction of sp³-hybridized carbons (Fsp3) is 0.571. The Bertz CT molecular complexity index is 319. The van der Waals surface area contributed by atoms with Crippen molar-refractivity contribution in [1.82, 2.24) is 5.32 Å². The van der Waals surface area contributed by atoms with Gasteiger partial charge in [-0.1, -0.05) is 0 Å². The Morgan fingerprint density at radius 1 is 1.37 bits per heavy atom. The number of nitrogens with one attached hydrogen (secondary N) is 1. The van der Waals surface area contributed by atoms with Crippen molar-refractivity contribution in [2.45, 2.75) is 32.4 Å². The zero-order valence-corrected chi connectivity index (χ0v) is 11.4. The molecule has 0 spiro atoms. The van der Waals surface area contributed by atoms with E-state index in [2.05, 4.69) is 18.5 Å². The van der Waals surface area contributed by atoms with E-state index in [0.29, 0.717) is 6.08 Å². The van der Waals surface area contributed by atoms with Crippen LogP contribution in [0.25, 0.3) is 0 Å². The van der Waals surface area contributed by atoms with Crippen LogP contribution in [0.15, 0.2) is 36.6 Å². The lowest BCUT2D eigenvalue weighted by molar-refractivity contribution is 0.349. The summed E-state index contributed by atoms with van der Waals surface area (Å²) in [6, 6.07) is 0. The van der Waals surface area contributed by atoms with E-state index in [0.717, 1.165) is 32.9 Å². The van der Waals surface area contributed by atoms with E-state index < -0.39 is 23.5 Å². The van der Waals surface area contributed by atoms with Crippen LogP contribution < -0.4 is 11.1 Å². The molecule has 1 rings (SSSR count). The van der Waals surface area contributed by atoms with E-state index in [-0.39, 0.29) is 12.3 Å². The molecule has 2 nitrogen and oxygen atoms in total. The third-order valence-electron chi connectivity index (χ3n) is 2.93. The smallest absolute Gasteiger partial charge is 0.147 e. The van der Waals surface area contributed by atoms with Crippen molar-refractivity contribution < 1.29 is 13.2 Å². The number of halogens is 3. The second kappa shape index (κ2) is 9.67. The van der Waals surface area contributed by atoms with Crippen LogP contribution in [0.5, 0.6) is 0 Å². The highest BCUT2D eigenvalue weighted by atomic mass is 19.1. The molecule has 0 radical (unpaired) electrons. The lowest BCUT2D eigenvalue weighted by Crippen LogP contribution is -2.27. The maximum atomic E-state index is 13.5. The van der Waals surface area contributed by atoms with Crippen LogP contribution in [0.3, 0.4) is 0 Å². The number of hydrogen-bond donors (Lipinski definition) is 2. The molecule has 1 heterocycles. The van der Waals surface area contributed by atoms with E-state index >= 15 is 0 Å². The molecule has 110 valence electrons. The molecule has 0 bridgehead atoms. The average molecular weight is 276 g/mol. The maximum Gasteiger partial charge on any atom is 0.147 e. The summed E-state index contributed by atoms with van der Waals surface area (Å²) in [5.41, 5.74) is 4.60. The summed E-state index contributed by atoms with van der Waals surface area (Å²) in [7, 11) is 0. The predicted octanol–water partition coefficient (Wildman–Crippen LogP) is 3.53. The minimum Gasteiger partial charge on any atom is -0.397 e. The zero-order valence-electron chi connectivity index (χ0n) is 11.4. The van der Waals surface area contributed by atoms with Crippen LogP contribution in [-0.4, -0.2) is 19.3 Å². The van der Waals surface area contributed by atoms with Gasteiger partial charge in [-0.3, -0.25) is 0 Å². The molecule has 19 heavy (non-hydrogen) atoms. The molecule has 1 aliphatic heterocycles. The van der Waals surface area contributed by atoms with Gasteiger partial charge >= 0.3 is 0 Å².